The van der Waals surface area contributed by atoms with Gasteiger partial charge in [-0.05, 0) is 47.3 Å². The summed E-state index contributed by atoms with van der Waals surface area (Å²) in [7, 11) is 0. The van der Waals surface area contributed by atoms with Gasteiger partial charge in [0.1, 0.15) is 0 Å². The molecule has 1 nitrogen and oxygen atoms in total. The van der Waals surface area contributed by atoms with E-state index >= 15 is 0 Å². The van der Waals surface area contributed by atoms with E-state index in [0.29, 0.717) is 0 Å². The minimum atomic E-state index is -0.251. The number of rotatable bonds is 1. The molecule has 1 heteroatoms. The third-order valence-electron chi connectivity index (χ3n) is 4.94. The molecular formula is C17H24O. The minimum absolute atomic E-state index is 0.139. The summed E-state index contributed by atoms with van der Waals surface area (Å²) in [6.07, 6.45) is 7.42. The molecule has 0 saturated heterocycles. The maximum Gasteiger partial charge on any atom is 0.0801 e. The third-order valence-corrected chi connectivity index (χ3v) is 4.94. The van der Waals surface area contributed by atoms with Gasteiger partial charge >= 0.3 is 0 Å². The molecule has 0 radical (unpaired) electrons. The van der Waals surface area contributed by atoms with Crippen molar-refractivity contribution in [3.63, 3.8) is 0 Å². The lowest BCUT2D eigenvalue weighted by atomic mass is 9.81. The van der Waals surface area contributed by atoms with Crippen LogP contribution in [0.1, 0.15) is 81.1 Å². The fourth-order valence-corrected chi connectivity index (χ4v) is 3.87. The molecule has 1 aromatic rings. The molecule has 2 aliphatic carbocycles. The van der Waals surface area contributed by atoms with Crippen LogP contribution in [0.15, 0.2) is 18.2 Å². The van der Waals surface area contributed by atoms with Gasteiger partial charge in [0.15, 0.2) is 0 Å². The zero-order valence-corrected chi connectivity index (χ0v) is 11.6. The average molecular weight is 244 g/mol. The Morgan fingerprint density at radius 3 is 2.56 bits per heavy atom. The molecule has 1 aromatic carbocycles. The van der Waals surface area contributed by atoms with Crippen LogP contribution in [0.3, 0.4) is 0 Å². The van der Waals surface area contributed by atoms with Crippen molar-refractivity contribution in [2.24, 2.45) is 0 Å². The summed E-state index contributed by atoms with van der Waals surface area (Å²) < 4.78 is 0. The van der Waals surface area contributed by atoms with Crippen LogP contribution >= 0.6 is 0 Å². The Balaban J connectivity index is 1.94. The molecule has 1 N–H and O–H groups in total. The Morgan fingerprint density at radius 2 is 1.83 bits per heavy atom. The zero-order valence-electron chi connectivity index (χ0n) is 11.6. The largest absolute Gasteiger partial charge is 0.388 e. The van der Waals surface area contributed by atoms with Gasteiger partial charge in [-0.1, -0.05) is 51.3 Å². The molecule has 1 unspecified atom stereocenters. The Morgan fingerprint density at radius 1 is 1.11 bits per heavy atom. The topological polar surface area (TPSA) is 20.2 Å². The first-order valence-electron chi connectivity index (χ1n) is 7.40. The second-order valence-corrected chi connectivity index (χ2v) is 6.79. The van der Waals surface area contributed by atoms with E-state index in [4.69, 9.17) is 0 Å². The first kappa shape index (κ1) is 12.2. The van der Waals surface area contributed by atoms with Crippen molar-refractivity contribution in [3.05, 3.63) is 34.9 Å². The van der Waals surface area contributed by atoms with E-state index in [2.05, 4.69) is 32.0 Å². The molecule has 2 aliphatic rings. The Hall–Kier alpha value is -0.820. The summed E-state index contributed by atoms with van der Waals surface area (Å²) >= 11 is 0. The zero-order chi connectivity index (χ0) is 12.8. The molecule has 0 heterocycles. The molecule has 3 rings (SSSR count). The SMILES string of the molecule is CC1(C)CC(O)c2cc(C3CCCCC3)ccc21. The molecule has 1 fully saturated rings. The van der Waals surface area contributed by atoms with Crippen molar-refractivity contribution in [1.29, 1.82) is 0 Å². The van der Waals surface area contributed by atoms with Crippen molar-refractivity contribution in [1.82, 2.24) is 0 Å². The number of hydrogen-bond donors (Lipinski definition) is 1. The van der Waals surface area contributed by atoms with Crippen molar-refractivity contribution in [2.45, 2.75) is 69.8 Å². The molecule has 0 amide bonds. The maximum atomic E-state index is 10.2. The fourth-order valence-electron chi connectivity index (χ4n) is 3.87. The van der Waals surface area contributed by atoms with Gasteiger partial charge in [0.05, 0.1) is 6.10 Å². The molecule has 0 bridgehead atoms. The van der Waals surface area contributed by atoms with Crippen LogP contribution in [0, 0.1) is 0 Å². The average Bonchev–Trinajstić information content (AvgIpc) is 2.61. The van der Waals surface area contributed by atoms with Crippen molar-refractivity contribution >= 4 is 0 Å². The summed E-state index contributed by atoms with van der Waals surface area (Å²) in [5.74, 6) is 0.736. The molecule has 98 valence electrons. The molecular weight excluding hydrogens is 220 g/mol. The molecule has 18 heavy (non-hydrogen) atoms. The second-order valence-electron chi connectivity index (χ2n) is 6.79. The summed E-state index contributed by atoms with van der Waals surface area (Å²) in [4.78, 5) is 0. The van der Waals surface area contributed by atoms with Crippen LogP contribution in [0.2, 0.25) is 0 Å². The van der Waals surface area contributed by atoms with Gasteiger partial charge < -0.3 is 5.11 Å². The first-order chi connectivity index (χ1) is 8.58. The predicted molar refractivity (Wildman–Crippen MR) is 74.9 cm³/mol. The van der Waals surface area contributed by atoms with E-state index in [1.807, 2.05) is 0 Å². The second kappa shape index (κ2) is 4.38. The highest BCUT2D eigenvalue weighted by Gasteiger charge is 2.36. The van der Waals surface area contributed by atoms with E-state index in [9.17, 15) is 5.11 Å². The Labute approximate surface area is 110 Å². The van der Waals surface area contributed by atoms with Crippen LogP contribution < -0.4 is 0 Å². The number of hydrogen-bond acceptors (Lipinski definition) is 1. The predicted octanol–water partition coefficient (Wildman–Crippen LogP) is 4.45. The lowest BCUT2D eigenvalue weighted by Gasteiger charge is -2.24. The minimum Gasteiger partial charge on any atom is -0.388 e. The smallest absolute Gasteiger partial charge is 0.0801 e. The molecule has 1 saturated carbocycles. The number of benzene rings is 1. The van der Waals surface area contributed by atoms with Crippen LogP contribution in [-0.2, 0) is 5.41 Å². The monoisotopic (exact) mass is 244 g/mol. The fraction of sp³-hybridized carbons (Fsp3) is 0.647. The van der Waals surface area contributed by atoms with Gasteiger partial charge in [0.25, 0.3) is 0 Å². The highest BCUT2D eigenvalue weighted by molar-refractivity contribution is 5.43. The van der Waals surface area contributed by atoms with Gasteiger partial charge in [0.2, 0.25) is 0 Å². The maximum absolute atomic E-state index is 10.2. The summed E-state index contributed by atoms with van der Waals surface area (Å²) in [6.45, 7) is 4.48. The van der Waals surface area contributed by atoms with Crippen molar-refractivity contribution in [3.8, 4) is 0 Å². The van der Waals surface area contributed by atoms with E-state index in [1.165, 1.54) is 48.8 Å². The van der Waals surface area contributed by atoms with Gasteiger partial charge in [0, 0.05) is 0 Å². The first-order valence-corrected chi connectivity index (χ1v) is 7.40. The third kappa shape index (κ3) is 1.99. The molecule has 0 aromatic heterocycles. The van der Waals surface area contributed by atoms with Crippen molar-refractivity contribution < 1.29 is 5.11 Å². The highest BCUT2D eigenvalue weighted by atomic mass is 16.3. The Bertz CT molecular complexity index is 441. The van der Waals surface area contributed by atoms with Gasteiger partial charge in [-0.25, -0.2) is 0 Å². The summed E-state index contributed by atoms with van der Waals surface area (Å²) in [5, 5.41) is 10.2. The molecule has 1 atom stereocenters. The normalized spacial score (nSPS) is 27.2. The van der Waals surface area contributed by atoms with E-state index in [1.54, 1.807) is 0 Å². The summed E-state index contributed by atoms with van der Waals surface area (Å²) in [6, 6.07) is 6.88. The number of fused-ring (bicyclic) bond motifs is 1. The van der Waals surface area contributed by atoms with E-state index < -0.39 is 0 Å². The lowest BCUT2D eigenvalue weighted by Crippen LogP contribution is -2.12. The number of aliphatic hydroxyl groups excluding tert-OH is 1. The highest BCUT2D eigenvalue weighted by Crippen LogP contribution is 2.46. The van der Waals surface area contributed by atoms with E-state index in [-0.39, 0.29) is 11.5 Å². The van der Waals surface area contributed by atoms with Crippen molar-refractivity contribution in [2.75, 3.05) is 0 Å². The van der Waals surface area contributed by atoms with Gasteiger partial charge in [-0.3, -0.25) is 0 Å². The molecule has 0 aliphatic heterocycles. The summed E-state index contributed by atoms with van der Waals surface area (Å²) in [5.41, 5.74) is 4.16. The lowest BCUT2D eigenvalue weighted by molar-refractivity contribution is 0.161. The Kier molecular flexibility index (Phi) is 2.97. The van der Waals surface area contributed by atoms with Crippen LogP contribution in [0.25, 0.3) is 0 Å². The molecule has 0 spiro atoms. The van der Waals surface area contributed by atoms with E-state index in [0.717, 1.165) is 12.3 Å². The van der Waals surface area contributed by atoms with Gasteiger partial charge in [-0.15, -0.1) is 0 Å². The number of aliphatic hydroxyl groups is 1. The van der Waals surface area contributed by atoms with Crippen LogP contribution in [-0.4, -0.2) is 5.11 Å². The van der Waals surface area contributed by atoms with Crippen LogP contribution in [0.5, 0.6) is 0 Å². The van der Waals surface area contributed by atoms with Crippen LogP contribution in [0.4, 0.5) is 0 Å². The standard InChI is InChI=1S/C17H24O/c1-17(2)11-16(18)14-10-13(8-9-15(14)17)12-6-4-3-5-7-12/h8-10,12,16,18H,3-7,11H2,1-2H3. The quantitative estimate of drug-likeness (QED) is 0.774. The van der Waals surface area contributed by atoms with Gasteiger partial charge in [-0.2, -0.15) is 0 Å².